The highest BCUT2D eigenvalue weighted by Gasteiger charge is 2.34. The molecule has 0 saturated heterocycles. The van der Waals surface area contributed by atoms with Crippen molar-refractivity contribution in [2.24, 2.45) is 11.8 Å². The predicted octanol–water partition coefficient (Wildman–Crippen LogP) is 6.87. The minimum atomic E-state index is -0.829. The maximum atomic E-state index is 13.0. The van der Waals surface area contributed by atoms with Gasteiger partial charge in [0.05, 0.1) is 0 Å². The van der Waals surface area contributed by atoms with Crippen LogP contribution in [0.5, 0.6) is 0 Å². The van der Waals surface area contributed by atoms with Gasteiger partial charge in [-0.3, -0.25) is 9.59 Å². The van der Waals surface area contributed by atoms with Crippen molar-refractivity contribution >= 4 is 34.6 Å². The van der Waals surface area contributed by atoms with Crippen molar-refractivity contribution in [3.63, 3.8) is 0 Å². The van der Waals surface area contributed by atoms with Crippen LogP contribution in [0.2, 0.25) is 0 Å². The molecule has 0 amide bonds. The van der Waals surface area contributed by atoms with E-state index in [1.165, 1.54) is 5.56 Å². The van der Waals surface area contributed by atoms with E-state index in [9.17, 15) is 9.59 Å². The van der Waals surface area contributed by atoms with E-state index in [1.807, 2.05) is 66.7 Å². The zero-order valence-electron chi connectivity index (χ0n) is 19.7. The topological polar surface area (TPSA) is 92.4 Å². The average molecular weight is 469 g/mol. The zero-order chi connectivity index (χ0) is 24.4. The molecular formula is C29H28N2O4. The number of fused-ring (bicyclic) bond motifs is 1. The summed E-state index contributed by atoms with van der Waals surface area (Å²) in [5, 5.41) is 12.4. The highest BCUT2D eigenvalue weighted by atomic mass is 16.4. The van der Waals surface area contributed by atoms with Crippen LogP contribution in [0, 0.1) is 11.8 Å². The van der Waals surface area contributed by atoms with Gasteiger partial charge in [-0.2, -0.15) is 4.98 Å². The van der Waals surface area contributed by atoms with Gasteiger partial charge in [0.25, 0.3) is 6.01 Å². The molecule has 4 aromatic rings. The summed E-state index contributed by atoms with van der Waals surface area (Å²) in [6.07, 6.45) is 3.51. The first-order chi connectivity index (χ1) is 17.0. The van der Waals surface area contributed by atoms with Crippen LogP contribution in [0.15, 0.2) is 71.1 Å². The van der Waals surface area contributed by atoms with Crippen LogP contribution in [-0.2, 0) is 11.2 Å². The Kier molecular flexibility index (Phi) is 6.36. The maximum Gasteiger partial charge on any atom is 0.303 e. The second-order valence-electron chi connectivity index (χ2n) is 9.21. The fourth-order valence-corrected chi connectivity index (χ4v) is 5.01. The Morgan fingerprint density at radius 3 is 2.40 bits per heavy atom. The lowest BCUT2D eigenvalue weighted by Crippen LogP contribution is -2.21. The van der Waals surface area contributed by atoms with Crippen LogP contribution in [0.4, 0.5) is 11.7 Å². The second kappa shape index (κ2) is 9.74. The molecule has 2 atom stereocenters. The molecule has 0 unspecified atom stereocenters. The largest absolute Gasteiger partial charge is 0.481 e. The first kappa shape index (κ1) is 22.8. The highest BCUT2D eigenvalue weighted by Crippen LogP contribution is 2.36. The van der Waals surface area contributed by atoms with Crippen molar-refractivity contribution in [2.45, 2.75) is 39.0 Å². The van der Waals surface area contributed by atoms with E-state index in [4.69, 9.17) is 9.52 Å². The lowest BCUT2D eigenvalue weighted by molar-refractivity contribution is -0.138. The monoisotopic (exact) mass is 468 g/mol. The number of nitrogens with zero attached hydrogens (tertiary/aromatic N) is 1. The third-order valence-electron chi connectivity index (χ3n) is 6.93. The molecule has 1 aliphatic rings. The van der Waals surface area contributed by atoms with Gasteiger partial charge in [-0.15, -0.1) is 0 Å². The van der Waals surface area contributed by atoms with Gasteiger partial charge in [-0.05, 0) is 66.1 Å². The molecule has 6 heteroatoms. The Balaban J connectivity index is 1.26. The molecule has 0 aliphatic heterocycles. The number of aryl methyl sites for hydroxylation is 1. The Hall–Kier alpha value is -3.93. The molecule has 35 heavy (non-hydrogen) atoms. The standard InChI is InChI=1S/C29H28N2O4/c1-2-18-6-15-26-25(16-18)31-29(35-26)30-23-13-11-20(12-14-23)19-7-9-21(10-8-19)28(34)24-5-3-4-22(24)17-27(32)33/h6-16,22,24H,2-5,17H2,1H3,(H,30,31)(H,32,33)/t22-,24+/m0/s1. The molecule has 0 radical (unpaired) electrons. The van der Waals surface area contributed by atoms with Gasteiger partial charge in [0.15, 0.2) is 11.4 Å². The van der Waals surface area contributed by atoms with E-state index in [1.54, 1.807) is 0 Å². The summed E-state index contributed by atoms with van der Waals surface area (Å²) in [7, 11) is 0. The van der Waals surface area contributed by atoms with E-state index < -0.39 is 5.97 Å². The minimum absolute atomic E-state index is 0.0595. The van der Waals surface area contributed by atoms with Crippen molar-refractivity contribution in [2.75, 3.05) is 5.32 Å². The lowest BCUT2D eigenvalue weighted by atomic mass is 9.86. The van der Waals surface area contributed by atoms with Gasteiger partial charge in [0, 0.05) is 23.6 Å². The molecule has 3 aromatic carbocycles. The average Bonchev–Trinajstić information content (AvgIpc) is 3.49. The number of benzene rings is 3. The number of Topliss-reactive ketones (excluding diaryl/α,β-unsaturated/α-hetero) is 1. The van der Waals surface area contributed by atoms with Crippen LogP contribution >= 0.6 is 0 Å². The Labute approximate surface area is 204 Å². The van der Waals surface area contributed by atoms with Crippen molar-refractivity contribution in [1.82, 2.24) is 4.98 Å². The maximum absolute atomic E-state index is 13.0. The number of aliphatic carboxylic acids is 1. The number of ketones is 1. The zero-order valence-corrected chi connectivity index (χ0v) is 19.7. The number of hydrogen-bond donors (Lipinski definition) is 2. The van der Waals surface area contributed by atoms with Crippen molar-refractivity contribution in [3.8, 4) is 11.1 Å². The Morgan fingerprint density at radius 1 is 1.00 bits per heavy atom. The molecular weight excluding hydrogens is 440 g/mol. The van der Waals surface area contributed by atoms with Gasteiger partial charge in [-0.1, -0.05) is 55.8 Å². The number of carboxylic acids is 1. The molecule has 1 saturated carbocycles. The third kappa shape index (κ3) is 4.97. The van der Waals surface area contributed by atoms with Crippen molar-refractivity contribution in [3.05, 3.63) is 77.9 Å². The van der Waals surface area contributed by atoms with E-state index in [0.29, 0.717) is 11.6 Å². The van der Waals surface area contributed by atoms with Crippen LogP contribution in [-0.4, -0.2) is 21.8 Å². The van der Waals surface area contributed by atoms with Crippen molar-refractivity contribution < 1.29 is 19.1 Å². The van der Waals surface area contributed by atoms with Gasteiger partial charge < -0.3 is 14.8 Å². The van der Waals surface area contributed by atoms with Crippen LogP contribution in [0.1, 0.15) is 48.5 Å². The lowest BCUT2D eigenvalue weighted by Gasteiger charge is -2.17. The number of carbonyl (C=O) groups excluding carboxylic acids is 1. The molecule has 2 N–H and O–H groups in total. The van der Waals surface area contributed by atoms with E-state index in [-0.39, 0.29) is 24.0 Å². The summed E-state index contributed by atoms with van der Waals surface area (Å²) in [6.45, 7) is 2.11. The van der Waals surface area contributed by atoms with E-state index >= 15 is 0 Å². The van der Waals surface area contributed by atoms with Crippen LogP contribution < -0.4 is 5.32 Å². The number of carbonyl (C=O) groups is 2. The first-order valence-electron chi connectivity index (χ1n) is 12.1. The number of anilines is 2. The number of oxazole rings is 1. The molecule has 0 bridgehead atoms. The molecule has 1 aliphatic carbocycles. The third-order valence-corrected chi connectivity index (χ3v) is 6.93. The summed E-state index contributed by atoms with van der Waals surface area (Å²) in [5.74, 6) is -1.02. The van der Waals surface area contributed by atoms with E-state index in [2.05, 4.69) is 17.2 Å². The number of nitrogens with one attached hydrogen (secondary N) is 1. The minimum Gasteiger partial charge on any atom is -0.481 e. The van der Waals surface area contributed by atoms with Crippen molar-refractivity contribution in [1.29, 1.82) is 0 Å². The smallest absolute Gasteiger partial charge is 0.303 e. The van der Waals surface area contributed by atoms with Gasteiger partial charge in [0.2, 0.25) is 0 Å². The fourth-order valence-electron chi connectivity index (χ4n) is 5.01. The van der Waals surface area contributed by atoms with Crippen LogP contribution in [0.3, 0.4) is 0 Å². The summed E-state index contributed by atoms with van der Waals surface area (Å²) < 4.78 is 5.81. The molecule has 5 rings (SSSR count). The molecule has 6 nitrogen and oxygen atoms in total. The Bertz CT molecular complexity index is 1360. The number of rotatable bonds is 8. The van der Waals surface area contributed by atoms with E-state index in [0.717, 1.165) is 53.6 Å². The summed E-state index contributed by atoms with van der Waals surface area (Å²) >= 11 is 0. The predicted molar refractivity (Wildman–Crippen MR) is 136 cm³/mol. The molecule has 178 valence electrons. The number of carboxylic acid groups (broad SMARTS) is 1. The quantitative estimate of drug-likeness (QED) is 0.274. The first-order valence-corrected chi connectivity index (χ1v) is 12.1. The summed E-state index contributed by atoms with van der Waals surface area (Å²) in [5.41, 5.74) is 6.37. The molecule has 1 heterocycles. The molecule has 1 aromatic heterocycles. The molecule has 1 fully saturated rings. The van der Waals surface area contributed by atoms with Gasteiger partial charge in [-0.25, -0.2) is 0 Å². The summed E-state index contributed by atoms with van der Waals surface area (Å²) in [4.78, 5) is 28.7. The number of aromatic nitrogens is 1. The summed E-state index contributed by atoms with van der Waals surface area (Å²) in [6, 6.07) is 22.0. The molecule has 0 spiro atoms. The Morgan fingerprint density at radius 2 is 1.71 bits per heavy atom. The van der Waals surface area contributed by atoms with Gasteiger partial charge >= 0.3 is 5.97 Å². The van der Waals surface area contributed by atoms with Gasteiger partial charge in [0.1, 0.15) is 5.52 Å². The normalized spacial score (nSPS) is 17.5. The number of hydrogen-bond acceptors (Lipinski definition) is 5. The fraction of sp³-hybridized carbons (Fsp3) is 0.276. The van der Waals surface area contributed by atoms with Crippen LogP contribution in [0.25, 0.3) is 22.2 Å². The second-order valence-corrected chi connectivity index (χ2v) is 9.21. The SMILES string of the molecule is CCc1ccc2oc(Nc3ccc(-c4ccc(C(=O)[C@@H]5CCC[C@H]5CC(=O)O)cc4)cc3)nc2c1. The highest BCUT2D eigenvalue weighted by molar-refractivity contribution is 5.98.